The molecule has 0 radical (unpaired) electrons. The zero-order chi connectivity index (χ0) is 16.1. The Morgan fingerprint density at radius 1 is 1.00 bits per heavy atom. The second-order valence-electron chi connectivity index (χ2n) is 4.66. The van der Waals surface area contributed by atoms with Gasteiger partial charge in [0.25, 0.3) is 5.91 Å². The van der Waals surface area contributed by atoms with Crippen molar-refractivity contribution >= 4 is 40.7 Å². The molecule has 2 aromatic rings. The van der Waals surface area contributed by atoms with Crippen molar-refractivity contribution in [2.75, 3.05) is 12.4 Å². The molecule has 0 atom stereocenters. The van der Waals surface area contributed by atoms with Crippen LogP contribution in [0.25, 0.3) is 0 Å². The summed E-state index contributed by atoms with van der Waals surface area (Å²) in [5.41, 5.74) is 1.87. The van der Waals surface area contributed by atoms with Crippen LogP contribution in [0.1, 0.15) is 15.9 Å². The summed E-state index contributed by atoms with van der Waals surface area (Å²) >= 11 is 11.8. The molecule has 0 unspecified atom stereocenters. The molecule has 0 aromatic heterocycles. The molecule has 2 rings (SSSR count). The molecule has 114 valence electrons. The highest BCUT2D eigenvalue weighted by atomic mass is 35.5. The Morgan fingerprint density at radius 2 is 1.59 bits per heavy atom. The highest BCUT2D eigenvalue weighted by Gasteiger charge is 2.09. The van der Waals surface area contributed by atoms with Crippen molar-refractivity contribution in [1.82, 2.24) is 5.32 Å². The molecule has 0 fully saturated rings. The zero-order valence-corrected chi connectivity index (χ0v) is 13.3. The topological polar surface area (TPSA) is 58.2 Å². The number of carbonyl (C=O) groups excluding carboxylic acids is 2. The van der Waals surface area contributed by atoms with E-state index in [4.69, 9.17) is 23.2 Å². The summed E-state index contributed by atoms with van der Waals surface area (Å²) in [6.07, 6.45) is 0.300. The lowest BCUT2D eigenvalue weighted by molar-refractivity contribution is -0.119. The van der Waals surface area contributed by atoms with Crippen LogP contribution in [0.15, 0.2) is 42.5 Å². The second kappa shape index (κ2) is 7.29. The third-order valence-corrected chi connectivity index (χ3v) is 3.42. The number of nitrogens with one attached hydrogen (secondary N) is 2. The molecular formula is C16H14Cl2N2O2. The molecule has 6 heteroatoms. The van der Waals surface area contributed by atoms with Crippen LogP contribution in [0.5, 0.6) is 0 Å². The maximum atomic E-state index is 12.1. The third kappa shape index (κ3) is 4.48. The van der Waals surface area contributed by atoms with Gasteiger partial charge in [0.2, 0.25) is 5.91 Å². The van der Waals surface area contributed by atoms with Crippen molar-refractivity contribution in [3.05, 3.63) is 63.6 Å². The number of rotatable bonds is 4. The monoisotopic (exact) mass is 336 g/mol. The molecule has 2 amide bonds. The number of hydrogen-bond donors (Lipinski definition) is 2. The van der Waals surface area contributed by atoms with Gasteiger partial charge in [0.1, 0.15) is 0 Å². The molecule has 4 nitrogen and oxygen atoms in total. The maximum Gasteiger partial charge on any atom is 0.255 e. The van der Waals surface area contributed by atoms with Crippen LogP contribution in [0.4, 0.5) is 5.69 Å². The third-order valence-electron chi connectivity index (χ3n) is 2.98. The lowest BCUT2D eigenvalue weighted by atomic mass is 10.1. The van der Waals surface area contributed by atoms with Crippen LogP contribution in [0.2, 0.25) is 10.0 Å². The predicted octanol–water partition coefficient (Wildman–Crippen LogP) is 3.53. The van der Waals surface area contributed by atoms with Gasteiger partial charge in [-0.25, -0.2) is 0 Å². The fourth-order valence-electron chi connectivity index (χ4n) is 1.87. The molecule has 2 aromatic carbocycles. The average molecular weight is 337 g/mol. The number of amides is 2. The van der Waals surface area contributed by atoms with Gasteiger partial charge < -0.3 is 10.6 Å². The Bertz CT molecular complexity index is 680. The lowest BCUT2D eigenvalue weighted by Crippen LogP contribution is -2.19. The normalized spacial score (nSPS) is 10.1. The van der Waals surface area contributed by atoms with E-state index in [1.54, 1.807) is 49.5 Å². The highest BCUT2D eigenvalue weighted by Crippen LogP contribution is 2.20. The van der Waals surface area contributed by atoms with Gasteiger partial charge in [-0.1, -0.05) is 35.3 Å². The van der Waals surface area contributed by atoms with Crippen molar-refractivity contribution < 1.29 is 9.59 Å². The van der Waals surface area contributed by atoms with Gasteiger partial charge in [-0.2, -0.15) is 0 Å². The summed E-state index contributed by atoms with van der Waals surface area (Å²) in [6.45, 7) is 0. The Hall–Kier alpha value is -2.04. The fraction of sp³-hybridized carbons (Fsp3) is 0.125. The zero-order valence-electron chi connectivity index (χ0n) is 11.8. The summed E-state index contributed by atoms with van der Waals surface area (Å²) in [4.78, 5) is 23.4. The smallest absolute Gasteiger partial charge is 0.255 e. The SMILES string of the molecule is CNC(=O)Cc1ccc(NC(=O)c2cc(Cl)cc(Cl)c2)cc1. The standard InChI is InChI=1S/C16H14Cl2N2O2/c1-19-15(21)6-10-2-4-14(5-3-10)20-16(22)11-7-12(17)9-13(18)8-11/h2-5,7-9H,6H2,1H3,(H,19,21)(H,20,22). The maximum absolute atomic E-state index is 12.1. The second-order valence-corrected chi connectivity index (χ2v) is 5.53. The number of hydrogen-bond acceptors (Lipinski definition) is 2. The molecule has 0 saturated heterocycles. The first-order valence-corrected chi connectivity index (χ1v) is 7.30. The van der Waals surface area contributed by atoms with E-state index in [1.165, 1.54) is 0 Å². The minimum Gasteiger partial charge on any atom is -0.359 e. The number of benzene rings is 2. The first-order valence-electron chi connectivity index (χ1n) is 6.55. The molecule has 22 heavy (non-hydrogen) atoms. The fourth-order valence-corrected chi connectivity index (χ4v) is 2.39. The minimum atomic E-state index is -0.302. The van der Waals surface area contributed by atoms with E-state index in [2.05, 4.69) is 10.6 Å². The van der Waals surface area contributed by atoms with E-state index in [-0.39, 0.29) is 11.8 Å². The lowest BCUT2D eigenvalue weighted by Gasteiger charge is -2.07. The minimum absolute atomic E-state index is 0.0645. The van der Waals surface area contributed by atoms with Gasteiger partial charge in [-0.15, -0.1) is 0 Å². The Balaban J connectivity index is 2.07. The number of halogens is 2. The Labute approximate surface area is 138 Å². The van der Waals surface area contributed by atoms with Gasteiger partial charge >= 0.3 is 0 Å². The van der Waals surface area contributed by atoms with Gasteiger partial charge in [-0.3, -0.25) is 9.59 Å². The van der Waals surface area contributed by atoms with Crippen molar-refractivity contribution in [3.8, 4) is 0 Å². The Kier molecular flexibility index (Phi) is 5.41. The van der Waals surface area contributed by atoms with Crippen molar-refractivity contribution in [2.24, 2.45) is 0 Å². The molecular weight excluding hydrogens is 323 g/mol. The largest absolute Gasteiger partial charge is 0.359 e. The van der Waals surface area contributed by atoms with Gasteiger partial charge in [0.15, 0.2) is 0 Å². The van der Waals surface area contributed by atoms with Crippen LogP contribution in [0.3, 0.4) is 0 Å². The number of likely N-dealkylation sites (N-methyl/N-ethyl adjacent to an activating group) is 1. The summed E-state index contributed by atoms with van der Waals surface area (Å²) in [6, 6.07) is 11.7. The van der Waals surface area contributed by atoms with Gasteiger partial charge in [0.05, 0.1) is 6.42 Å². The summed E-state index contributed by atoms with van der Waals surface area (Å²) < 4.78 is 0. The summed E-state index contributed by atoms with van der Waals surface area (Å²) in [5, 5.41) is 6.11. The molecule has 0 bridgehead atoms. The molecule has 0 heterocycles. The van der Waals surface area contributed by atoms with E-state index in [0.29, 0.717) is 27.7 Å². The predicted molar refractivity (Wildman–Crippen MR) is 88.6 cm³/mol. The molecule has 2 N–H and O–H groups in total. The number of carbonyl (C=O) groups is 2. The average Bonchev–Trinajstić information content (AvgIpc) is 2.48. The van der Waals surface area contributed by atoms with E-state index >= 15 is 0 Å². The van der Waals surface area contributed by atoms with Crippen LogP contribution in [0, 0.1) is 0 Å². The van der Waals surface area contributed by atoms with Crippen LogP contribution in [-0.4, -0.2) is 18.9 Å². The van der Waals surface area contributed by atoms with Crippen LogP contribution >= 0.6 is 23.2 Å². The van der Waals surface area contributed by atoms with Crippen molar-refractivity contribution in [1.29, 1.82) is 0 Å². The van der Waals surface area contributed by atoms with Crippen molar-refractivity contribution in [2.45, 2.75) is 6.42 Å². The first kappa shape index (κ1) is 16.3. The molecule has 0 aliphatic heterocycles. The van der Waals surface area contributed by atoms with Crippen molar-refractivity contribution in [3.63, 3.8) is 0 Å². The summed E-state index contributed by atoms with van der Waals surface area (Å²) in [7, 11) is 1.59. The van der Waals surface area contributed by atoms with E-state index in [0.717, 1.165) is 5.56 Å². The first-order chi connectivity index (χ1) is 10.5. The molecule has 0 spiro atoms. The van der Waals surface area contributed by atoms with Crippen LogP contribution < -0.4 is 10.6 Å². The van der Waals surface area contributed by atoms with E-state index < -0.39 is 0 Å². The van der Waals surface area contributed by atoms with Gasteiger partial charge in [-0.05, 0) is 35.9 Å². The highest BCUT2D eigenvalue weighted by molar-refractivity contribution is 6.35. The Morgan fingerprint density at radius 3 is 2.14 bits per heavy atom. The van der Waals surface area contributed by atoms with E-state index in [9.17, 15) is 9.59 Å². The quantitative estimate of drug-likeness (QED) is 0.897. The van der Waals surface area contributed by atoms with E-state index in [1.807, 2.05) is 0 Å². The van der Waals surface area contributed by atoms with Gasteiger partial charge in [0, 0.05) is 28.3 Å². The summed E-state index contributed by atoms with van der Waals surface area (Å²) in [5.74, 6) is -0.367. The molecule has 0 aliphatic rings. The molecule has 0 saturated carbocycles. The number of anilines is 1. The van der Waals surface area contributed by atoms with Crippen LogP contribution in [-0.2, 0) is 11.2 Å². The molecule has 0 aliphatic carbocycles.